The van der Waals surface area contributed by atoms with E-state index < -0.39 is 0 Å². The largest absolute Gasteiger partial charge is 0.314 e. The van der Waals surface area contributed by atoms with E-state index in [-0.39, 0.29) is 0 Å². The van der Waals surface area contributed by atoms with Crippen molar-refractivity contribution in [3.63, 3.8) is 0 Å². The highest BCUT2D eigenvalue weighted by molar-refractivity contribution is 4.92. The molecule has 1 unspecified atom stereocenters. The summed E-state index contributed by atoms with van der Waals surface area (Å²) >= 11 is 0. The van der Waals surface area contributed by atoms with Gasteiger partial charge in [-0.05, 0) is 49.0 Å². The molecular formula is C18H37N. The predicted molar refractivity (Wildman–Crippen MR) is 86.5 cm³/mol. The molecule has 1 fully saturated rings. The van der Waals surface area contributed by atoms with Crippen LogP contribution in [-0.4, -0.2) is 12.6 Å². The third-order valence-electron chi connectivity index (χ3n) is 4.79. The van der Waals surface area contributed by atoms with E-state index in [2.05, 4.69) is 46.9 Å². The van der Waals surface area contributed by atoms with Crippen LogP contribution in [0.5, 0.6) is 0 Å². The fourth-order valence-corrected chi connectivity index (χ4v) is 4.27. The van der Waals surface area contributed by atoms with Gasteiger partial charge >= 0.3 is 0 Å². The van der Waals surface area contributed by atoms with Gasteiger partial charge < -0.3 is 5.32 Å². The fraction of sp³-hybridized carbons (Fsp3) is 1.00. The molecular weight excluding hydrogens is 230 g/mol. The summed E-state index contributed by atoms with van der Waals surface area (Å²) in [6, 6.07) is 0.731. The summed E-state index contributed by atoms with van der Waals surface area (Å²) in [5.74, 6) is 0.883. The predicted octanol–water partition coefficient (Wildman–Crippen LogP) is 5.40. The van der Waals surface area contributed by atoms with Crippen molar-refractivity contribution in [1.29, 1.82) is 0 Å². The maximum absolute atomic E-state index is 3.89. The van der Waals surface area contributed by atoms with E-state index in [4.69, 9.17) is 0 Å². The van der Waals surface area contributed by atoms with Gasteiger partial charge in [-0.15, -0.1) is 0 Å². The number of hydrogen-bond acceptors (Lipinski definition) is 1. The van der Waals surface area contributed by atoms with Crippen molar-refractivity contribution in [2.24, 2.45) is 16.7 Å². The van der Waals surface area contributed by atoms with Gasteiger partial charge in [-0.2, -0.15) is 0 Å². The summed E-state index contributed by atoms with van der Waals surface area (Å²) < 4.78 is 0. The summed E-state index contributed by atoms with van der Waals surface area (Å²) in [6.07, 6.45) is 9.51. The van der Waals surface area contributed by atoms with Gasteiger partial charge in [0, 0.05) is 6.04 Å². The van der Waals surface area contributed by atoms with E-state index in [1.165, 1.54) is 51.5 Å². The molecule has 1 atom stereocenters. The van der Waals surface area contributed by atoms with Crippen molar-refractivity contribution in [3.8, 4) is 0 Å². The molecule has 1 rings (SSSR count). The van der Waals surface area contributed by atoms with Gasteiger partial charge in [-0.25, -0.2) is 0 Å². The topological polar surface area (TPSA) is 12.0 Å². The average Bonchev–Trinajstić information content (AvgIpc) is 2.25. The first kappa shape index (κ1) is 17.0. The van der Waals surface area contributed by atoms with E-state index in [1.54, 1.807) is 0 Å². The van der Waals surface area contributed by atoms with Gasteiger partial charge in [0.05, 0.1) is 0 Å². The molecule has 114 valence electrons. The first-order chi connectivity index (χ1) is 8.78. The fourth-order valence-electron chi connectivity index (χ4n) is 4.27. The zero-order valence-corrected chi connectivity index (χ0v) is 14.3. The van der Waals surface area contributed by atoms with Crippen LogP contribution in [0.15, 0.2) is 0 Å². The molecule has 0 heterocycles. The van der Waals surface area contributed by atoms with Crippen LogP contribution in [0.1, 0.15) is 86.5 Å². The van der Waals surface area contributed by atoms with Crippen LogP contribution in [0.25, 0.3) is 0 Å². The number of nitrogens with one attached hydrogen (secondary N) is 1. The second-order valence-corrected chi connectivity index (χ2v) is 8.44. The zero-order valence-electron chi connectivity index (χ0n) is 14.3. The number of unbranched alkanes of at least 4 members (excludes halogenated alkanes) is 1. The number of rotatable bonds is 7. The van der Waals surface area contributed by atoms with Crippen LogP contribution in [0.4, 0.5) is 0 Å². The Morgan fingerprint density at radius 3 is 2.11 bits per heavy atom. The molecule has 0 amide bonds. The van der Waals surface area contributed by atoms with E-state index in [9.17, 15) is 0 Å². The smallest absolute Gasteiger partial charge is 0.00773 e. The molecule has 1 N–H and O–H groups in total. The second kappa shape index (κ2) is 7.11. The molecule has 0 aromatic heterocycles. The Hall–Kier alpha value is -0.0400. The monoisotopic (exact) mass is 267 g/mol. The average molecular weight is 268 g/mol. The molecule has 19 heavy (non-hydrogen) atoms. The molecule has 0 aromatic carbocycles. The standard InChI is InChI=1S/C18H37N/c1-7-9-10-15(8-2)13-19-16-11-17(3,4)14-18(5,6)12-16/h15-16,19H,7-14H2,1-6H3. The van der Waals surface area contributed by atoms with Crippen LogP contribution >= 0.6 is 0 Å². The Balaban J connectivity index is 2.43. The Bertz CT molecular complexity index is 238. The summed E-state index contributed by atoms with van der Waals surface area (Å²) in [7, 11) is 0. The van der Waals surface area contributed by atoms with Crippen molar-refractivity contribution < 1.29 is 0 Å². The van der Waals surface area contributed by atoms with Crippen LogP contribution < -0.4 is 5.32 Å². The lowest BCUT2D eigenvalue weighted by atomic mass is 9.63. The van der Waals surface area contributed by atoms with Crippen molar-refractivity contribution in [2.75, 3.05) is 6.54 Å². The number of hydrogen-bond donors (Lipinski definition) is 1. The lowest BCUT2D eigenvalue weighted by Crippen LogP contribution is -2.45. The molecule has 1 saturated carbocycles. The SMILES string of the molecule is CCCCC(CC)CNC1CC(C)(C)CC(C)(C)C1. The highest BCUT2D eigenvalue weighted by Crippen LogP contribution is 2.45. The van der Waals surface area contributed by atoms with Gasteiger partial charge in [-0.3, -0.25) is 0 Å². The van der Waals surface area contributed by atoms with E-state index in [0.717, 1.165) is 12.0 Å². The van der Waals surface area contributed by atoms with Crippen LogP contribution in [0.2, 0.25) is 0 Å². The van der Waals surface area contributed by atoms with Crippen molar-refractivity contribution in [1.82, 2.24) is 5.32 Å². The third-order valence-corrected chi connectivity index (χ3v) is 4.79. The first-order valence-electron chi connectivity index (χ1n) is 8.51. The summed E-state index contributed by atoms with van der Waals surface area (Å²) in [4.78, 5) is 0. The molecule has 1 nitrogen and oxygen atoms in total. The minimum absolute atomic E-state index is 0.505. The molecule has 0 bridgehead atoms. The van der Waals surface area contributed by atoms with Gasteiger partial charge in [0.1, 0.15) is 0 Å². The minimum atomic E-state index is 0.505. The quantitative estimate of drug-likeness (QED) is 0.651. The molecule has 0 spiro atoms. The van der Waals surface area contributed by atoms with Gasteiger partial charge in [0.25, 0.3) is 0 Å². The molecule has 1 aliphatic carbocycles. The maximum Gasteiger partial charge on any atom is 0.00773 e. The molecule has 1 aliphatic rings. The van der Waals surface area contributed by atoms with Gasteiger partial charge in [0.2, 0.25) is 0 Å². The lowest BCUT2D eigenvalue weighted by Gasteiger charge is -2.45. The van der Waals surface area contributed by atoms with Crippen molar-refractivity contribution in [2.45, 2.75) is 92.5 Å². The molecule has 0 radical (unpaired) electrons. The van der Waals surface area contributed by atoms with E-state index >= 15 is 0 Å². The normalized spacial score (nSPS) is 24.3. The lowest BCUT2D eigenvalue weighted by molar-refractivity contribution is 0.0830. The Morgan fingerprint density at radius 1 is 1.05 bits per heavy atom. The van der Waals surface area contributed by atoms with E-state index in [1.807, 2.05) is 0 Å². The maximum atomic E-state index is 3.89. The Morgan fingerprint density at radius 2 is 1.63 bits per heavy atom. The minimum Gasteiger partial charge on any atom is -0.314 e. The van der Waals surface area contributed by atoms with Crippen LogP contribution in [-0.2, 0) is 0 Å². The molecule has 0 aromatic rings. The van der Waals surface area contributed by atoms with Crippen LogP contribution in [0, 0.1) is 16.7 Å². The van der Waals surface area contributed by atoms with Crippen molar-refractivity contribution in [3.05, 3.63) is 0 Å². The summed E-state index contributed by atoms with van der Waals surface area (Å²) in [5.41, 5.74) is 1.01. The molecule has 0 saturated heterocycles. The summed E-state index contributed by atoms with van der Waals surface area (Å²) in [6.45, 7) is 15.6. The van der Waals surface area contributed by atoms with Gasteiger partial charge in [0.15, 0.2) is 0 Å². The van der Waals surface area contributed by atoms with E-state index in [0.29, 0.717) is 10.8 Å². The highest BCUT2D eigenvalue weighted by Gasteiger charge is 2.38. The molecule has 1 heteroatoms. The van der Waals surface area contributed by atoms with Crippen LogP contribution in [0.3, 0.4) is 0 Å². The second-order valence-electron chi connectivity index (χ2n) is 8.44. The zero-order chi connectivity index (χ0) is 14.5. The van der Waals surface area contributed by atoms with Gasteiger partial charge in [-0.1, -0.05) is 60.8 Å². The van der Waals surface area contributed by atoms with Crippen molar-refractivity contribution >= 4 is 0 Å². The Kier molecular flexibility index (Phi) is 6.36. The first-order valence-corrected chi connectivity index (χ1v) is 8.51. The summed E-state index contributed by atoms with van der Waals surface area (Å²) in [5, 5.41) is 3.89. The highest BCUT2D eigenvalue weighted by atomic mass is 14.9. The molecule has 0 aliphatic heterocycles. The Labute approximate surface area is 121 Å². The third kappa shape index (κ3) is 6.29.